The topological polar surface area (TPSA) is 35.0 Å². The highest BCUT2D eigenvalue weighted by atomic mass is 16.5. The van der Waals surface area contributed by atoms with Gasteiger partial charge in [0, 0.05) is 6.20 Å². The molecule has 0 amide bonds. The summed E-state index contributed by atoms with van der Waals surface area (Å²) in [5.41, 5.74) is 3.57. The molecule has 1 aliphatic rings. The zero-order valence-electron chi connectivity index (χ0n) is 9.76. The smallest absolute Gasteiger partial charge is 0.224 e. The molecule has 0 spiro atoms. The first-order valence-electron chi connectivity index (χ1n) is 5.83. The van der Waals surface area contributed by atoms with Crippen molar-refractivity contribution in [2.75, 3.05) is 7.11 Å². The van der Waals surface area contributed by atoms with Crippen LogP contribution in [0, 0.1) is 0 Å². The fourth-order valence-electron chi connectivity index (χ4n) is 2.16. The van der Waals surface area contributed by atoms with Gasteiger partial charge in [-0.25, -0.2) is 9.97 Å². The predicted molar refractivity (Wildman–Crippen MR) is 66.0 cm³/mol. The molecule has 86 valence electrons. The van der Waals surface area contributed by atoms with Gasteiger partial charge < -0.3 is 4.74 Å². The van der Waals surface area contributed by atoms with E-state index in [1.807, 2.05) is 12.3 Å². The zero-order chi connectivity index (χ0) is 11.7. The number of hydrogen-bond acceptors (Lipinski definition) is 3. The minimum Gasteiger partial charge on any atom is -0.480 e. The molecule has 1 fully saturated rings. The van der Waals surface area contributed by atoms with E-state index in [0.29, 0.717) is 11.8 Å². The van der Waals surface area contributed by atoms with Crippen molar-refractivity contribution in [2.45, 2.75) is 18.8 Å². The van der Waals surface area contributed by atoms with Crippen molar-refractivity contribution in [1.29, 1.82) is 0 Å². The Morgan fingerprint density at radius 1 is 1.18 bits per heavy atom. The maximum absolute atomic E-state index is 5.30. The van der Waals surface area contributed by atoms with Crippen molar-refractivity contribution in [3.05, 3.63) is 42.4 Å². The van der Waals surface area contributed by atoms with Gasteiger partial charge in [0.05, 0.1) is 12.7 Å². The van der Waals surface area contributed by atoms with E-state index in [2.05, 4.69) is 28.2 Å². The summed E-state index contributed by atoms with van der Waals surface area (Å²) in [6.07, 6.45) is 5.91. The molecule has 2 aromatic rings. The van der Waals surface area contributed by atoms with Crippen molar-refractivity contribution in [3.8, 4) is 17.0 Å². The third-order valence-electron chi connectivity index (χ3n) is 3.14. The van der Waals surface area contributed by atoms with Crippen LogP contribution in [-0.4, -0.2) is 17.1 Å². The SMILES string of the molecule is COc1ncncc1-c1ccccc1C1CC1. The second-order valence-corrected chi connectivity index (χ2v) is 4.31. The van der Waals surface area contributed by atoms with Crippen molar-refractivity contribution in [2.24, 2.45) is 0 Å². The number of methoxy groups -OCH3 is 1. The minimum atomic E-state index is 0.646. The molecule has 0 unspecified atom stereocenters. The van der Waals surface area contributed by atoms with E-state index in [-0.39, 0.29) is 0 Å². The van der Waals surface area contributed by atoms with Gasteiger partial charge in [-0.05, 0) is 29.9 Å². The van der Waals surface area contributed by atoms with E-state index in [1.165, 1.54) is 30.3 Å². The van der Waals surface area contributed by atoms with Crippen molar-refractivity contribution in [3.63, 3.8) is 0 Å². The summed E-state index contributed by atoms with van der Waals surface area (Å²) in [4.78, 5) is 8.26. The zero-order valence-corrected chi connectivity index (χ0v) is 9.76. The van der Waals surface area contributed by atoms with Crippen molar-refractivity contribution in [1.82, 2.24) is 9.97 Å². The molecule has 0 saturated heterocycles. The summed E-state index contributed by atoms with van der Waals surface area (Å²) in [6.45, 7) is 0. The molecule has 0 atom stereocenters. The number of nitrogens with zero attached hydrogens (tertiary/aromatic N) is 2. The number of rotatable bonds is 3. The molecule has 0 radical (unpaired) electrons. The summed E-state index contributed by atoms with van der Waals surface area (Å²) >= 11 is 0. The Kier molecular flexibility index (Phi) is 2.52. The first-order chi connectivity index (χ1) is 8.40. The van der Waals surface area contributed by atoms with Crippen LogP contribution in [0.5, 0.6) is 5.88 Å². The van der Waals surface area contributed by atoms with Crippen LogP contribution in [0.1, 0.15) is 24.3 Å². The predicted octanol–water partition coefficient (Wildman–Crippen LogP) is 3.03. The lowest BCUT2D eigenvalue weighted by atomic mass is 9.98. The highest BCUT2D eigenvalue weighted by molar-refractivity contribution is 5.72. The van der Waals surface area contributed by atoms with Gasteiger partial charge in [-0.3, -0.25) is 0 Å². The normalized spacial score (nSPS) is 14.6. The van der Waals surface area contributed by atoms with Crippen LogP contribution in [0.15, 0.2) is 36.8 Å². The van der Waals surface area contributed by atoms with Gasteiger partial charge in [0.1, 0.15) is 6.33 Å². The van der Waals surface area contributed by atoms with Crippen LogP contribution in [0.4, 0.5) is 0 Å². The van der Waals surface area contributed by atoms with E-state index in [1.54, 1.807) is 7.11 Å². The third-order valence-corrected chi connectivity index (χ3v) is 3.14. The highest BCUT2D eigenvalue weighted by Gasteiger charge is 2.26. The maximum Gasteiger partial charge on any atom is 0.224 e. The van der Waals surface area contributed by atoms with Crippen LogP contribution in [0.25, 0.3) is 11.1 Å². The largest absolute Gasteiger partial charge is 0.480 e. The summed E-state index contributed by atoms with van der Waals surface area (Å²) in [6, 6.07) is 8.45. The van der Waals surface area contributed by atoms with E-state index in [9.17, 15) is 0 Å². The van der Waals surface area contributed by atoms with Gasteiger partial charge in [-0.1, -0.05) is 24.3 Å². The second kappa shape index (κ2) is 4.17. The van der Waals surface area contributed by atoms with Crippen LogP contribution in [0.3, 0.4) is 0 Å². The van der Waals surface area contributed by atoms with E-state index < -0.39 is 0 Å². The number of ether oxygens (including phenoxy) is 1. The first kappa shape index (κ1) is 10.3. The molecule has 3 nitrogen and oxygen atoms in total. The average molecular weight is 226 g/mol. The Morgan fingerprint density at radius 3 is 2.76 bits per heavy atom. The monoisotopic (exact) mass is 226 g/mol. The molecule has 1 aliphatic carbocycles. The molecule has 1 heterocycles. The Balaban J connectivity index is 2.14. The molecule has 1 saturated carbocycles. The molecule has 3 heteroatoms. The molecule has 1 aromatic carbocycles. The maximum atomic E-state index is 5.30. The van der Waals surface area contributed by atoms with Gasteiger partial charge in [-0.2, -0.15) is 0 Å². The van der Waals surface area contributed by atoms with Gasteiger partial charge in [0.25, 0.3) is 0 Å². The number of benzene rings is 1. The standard InChI is InChI=1S/C14H14N2O/c1-17-14-13(8-15-9-16-14)12-5-3-2-4-11(12)10-6-7-10/h2-5,8-10H,6-7H2,1H3. The lowest BCUT2D eigenvalue weighted by molar-refractivity contribution is 0.398. The lowest BCUT2D eigenvalue weighted by Gasteiger charge is -2.10. The second-order valence-electron chi connectivity index (χ2n) is 4.31. The third kappa shape index (κ3) is 1.88. The summed E-state index contributed by atoms with van der Waals surface area (Å²) in [5, 5.41) is 0. The van der Waals surface area contributed by atoms with Gasteiger partial charge in [0.15, 0.2) is 0 Å². The van der Waals surface area contributed by atoms with Gasteiger partial charge in [-0.15, -0.1) is 0 Å². The fourth-order valence-corrected chi connectivity index (χ4v) is 2.16. The van der Waals surface area contributed by atoms with Crippen molar-refractivity contribution < 1.29 is 4.74 Å². The van der Waals surface area contributed by atoms with Gasteiger partial charge in [0.2, 0.25) is 5.88 Å². The fraction of sp³-hybridized carbons (Fsp3) is 0.286. The Hall–Kier alpha value is -1.90. The van der Waals surface area contributed by atoms with E-state index >= 15 is 0 Å². The summed E-state index contributed by atoms with van der Waals surface area (Å²) in [5.74, 6) is 1.35. The Morgan fingerprint density at radius 2 is 2.00 bits per heavy atom. The number of aromatic nitrogens is 2. The molecule has 17 heavy (non-hydrogen) atoms. The molecular weight excluding hydrogens is 212 g/mol. The van der Waals surface area contributed by atoms with Crippen LogP contribution in [-0.2, 0) is 0 Å². The number of hydrogen-bond donors (Lipinski definition) is 0. The van der Waals surface area contributed by atoms with Crippen molar-refractivity contribution >= 4 is 0 Å². The average Bonchev–Trinajstić information content (AvgIpc) is 3.23. The molecular formula is C14H14N2O. The minimum absolute atomic E-state index is 0.646. The molecule has 3 rings (SSSR count). The van der Waals surface area contributed by atoms with Gasteiger partial charge >= 0.3 is 0 Å². The highest BCUT2D eigenvalue weighted by Crippen LogP contribution is 2.45. The lowest BCUT2D eigenvalue weighted by Crippen LogP contribution is -1.95. The van der Waals surface area contributed by atoms with Crippen LogP contribution < -0.4 is 4.74 Å². The Labute approximate surface area is 100 Å². The van der Waals surface area contributed by atoms with Crippen LogP contribution in [0.2, 0.25) is 0 Å². The summed E-state index contributed by atoms with van der Waals surface area (Å²) < 4.78 is 5.30. The molecule has 0 N–H and O–H groups in total. The Bertz CT molecular complexity index is 535. The first-order valence-corrected chi connectivity index (χ1v) is 5.83. The van der Waals surface area contributed by atoms with E-state index in [4.69, 9.17) is 4.74 Å². The molecule has 0 bridgehead atoms. The van der Waals surface area contributed by atoms with E-state index in [0.717, 1.165) is 5.56 Å². The summed E-state index contributed by atoms with van der Waals surface area (Å²) in [7, 11) is 1.64. The van der Waals surface area contributed by atoms with Crippen LogP contribution >= 0.6 is 0 Å². The quantitative estimate of drug-likeness (QED) is 0.806. The molecule has 1 aromatic heterocycles. The molecule has 0 aliphatic heterocycles.